The summed E-state index contributed by atoms with van der Waals surface area (Å²) in [5.74, 6) is 3.48. The van der Waals surface area contributed by atoms with Gasteiger partial charge in [0, 0.05) is 29.2 Å². The van der Waals surface area contributed by atoms with Crippen molar-refractivity contribution in [2.24, 2.45) is 17.8 Å². The molecule has 0 radical (unpaired) electrons. The van der Waals surface area contributed by atoms with Crippen LogP contribution >= 0.6 is 0 Å². The Hall–Kier alpha value is -4.31. The molecule has 4 heteroatoms. The van der Waals surface area contributed by atoms with Crippen LogP contribution in [0.1, 0.15) is 106 Å². The molecule has 52 heavy (non-hydrogen) atoms. The summed E-state index contributed by atoms with van der Waals surface area (Å²) in [5, 5.41) is 6.85. The Balaban J connectivity index is 1.16. The predicted molar refractivity (Wildman–Crippen MR) is 216 cm³/mol. The molecule has 1 N–H and O–H groups in total. The molecular weight excluding hydrogens is 633 g/mol. The average molecular weight is 687 g/mol. The molecule has 0 spiro atoms. The van der Waals surface area contributed by atoms with Crippen LogP contribution in [0.15, 0.2) is 109 Å². The van der Waals surface area contributed by atoms with Gasteiger partial charge in [-0.25, -0.2) is 4.98 Å². The van der Waals surface area contributed by atoms with Crippen LogP contribution in [0.2, 0.25) is 0 Å². The van der Waals surface area contributed by atoms with Gasteiger partial charge in [0.2, 0.25) is 0 Å². The van der Waals surface area contributed by atoms with Gasteiger partial charge in [-0.05, 0) is 164 Å². The molecule has 0 saturated heterocycles. The highest BCUT2D eigenvalue weighted by Gasteiger charge is 2.42. The molecule has 0 amide bonds. The Morgan fingerprint density at radius 1 is 0.885 bits per heavy atom. The lowest BCUT2D eigenvalue weighted by atomic mass is 9.68. The van der Waals surface area contributed by atoms with Crippen molar-refractivity contribution < 1.29 is 0 Å². The van der Waals surface area contributed by atoms with Crippen LogP contribution in [0.25, 0.3) is 16.5 Å². The molecule has 0 bridgehead atoms. The Kier molecular flexibility index (Phi) is 8.26. The lowest BCUT2D eigenvalue weighted by Crippen LogP contribution is -2.50. The molecule has 7 atom stereocenters. The standard InChI is InChI=1S/C48H54N4/c1-31-29-43(51(45-21-7-9-27-49-45)41-19-11-15-33-13-3-5-17-37(33)41)39-26-24-36-32(2)30-44(40-25-23-35(31)47(39)48(36)40)52(46-22-8-10-28-50-46)42-20-12-16-34-14-4-6-18-38(34)42/h3,6-7,9-10,12-13,16,18,21,23,25,27-30,32-33,36-37,41-42,46,50H,4-5,8,11,14-15,17,19-20,22,24,26H2,1-2H3. The van der Waals surface area contributed by atoms with Gasteiger partial charge in [-0.1, -0.05) is 80.2 Å². The van der Waals surface area contributed by atoms with Gasteiger partial charge in [-0.3, -0.25) is 0 Å². The van der Waals surface area contributed by atoms with Crippen LogP contribution in [0.3, 0.4) is 0 Å². The zero-order valence-electron chi connectivity index (χ0n) is 31.1. The van der Waals surface area contributed by atoms with E-state index >= 15 is 0 Å². The van der Waals surface area contributed by atoms with Crippen molar-refractivity contribution in [3.05, 3.63) is 131 Å². The highest BCUT2D eigenvalue weighted by Crippen LogP contribution is 2.54. The first kappa shape index (κ1) is 32.3. The molecule has 1 aromatic heterocycles. The molecule has 2 aromatic carbocycles. The molecule has 7 unspecified atom stereocenters. The molecule has 2 heterocycles. The second-order valence-electron chi connectivity index (χ2n) is 16.7. The third-order valence-electron chi connectivity index (χ3n) is 13.9. The minimum atomic E-state index is 0.267. The summed E-state index contributed by atoms with van der Waals surface area (Å²) < 4.78 is 0. The topological polar surface area (TPSA) is 31.4 Å². The molecule has 7 aliphatic rings. The summed E-state index contributed by atoms with van der Waals surface area (Å²) in [6.07, 6.45) is 38.4. The van der Waals surface area contributed by atoms with Crippen LogP contribution < -0.4 is 10.2 Å². The number of nitrogens with zero attached hydrogens (tertiary/aromatic N) is 3. The maximum absolute atomic E-state index is 5.10. The Morgan fingerprint density at radius 3 is 2.71 bits per heavy atom. The van der Waals surface area contributed by atoms with Crippen molar-refractivity contribution in [3.8, 4) is 0 Å². The van der Waals surface area contributed by atoms with Crippen molar-refractivity contribution in [1.29, 1.82) is 0 Å². The van der Waals surface area contributed by atoms with Crippen molar-refractivity contribution in [2.45, 2.75) is 115 Å². The molecule has 266 valence electrons. The highest BCUT2D eigenvalue weighted by molar-refractivity contribution is 6.00. The zero-order chi connectivity index (χ0) is 34.8. The number of hydrogen-bond donors (Lipinski definition) is 1. The number of fused-ring (bicyclic) bond motifs is 1. The van der Waals surface area contributed by atoms with Crippen LogP contribution in [0.4, 0.5) is 11.5 Å². The summed E-state index contributed by atoms with van der Waals surface area (Å²) in [6, 6.07) is 14.9. The molecule has 4 nitrogen and oxygen atoms in total. The smallest absolute Gasteiger partial charge is 0.133 e. The summed E-state index contributed by atoms with van der Waals surface area (Å²) >= 11 is 0. The van der Waals surface area contributed by atoms with Gasteiger partial charge in [0.1, 0.15) is 5.82 Å². The number of anilines is 2. The normalized spacial score (nSPS) is 30.0. The minimum Gasteiger partial charge on any atom is -0.371 e. The van der Waals surface area contributed by atoms with E-state index in [0.717, 1.165) is 44.3 Å². The van der Waals surface area contributed by atoms with Gasteiger partial charge in [0.15, 0.2) is 0 Å². The predicted octanol–water partition coefficient (Wildman–Crippen LogP) is 11.3. The van der Waals surface area contributed by atoms with Crippen LogP contribution in [0, 0.1) is 24.7 Å². The van der Waals surface area contributed by atoms with Crippen molar-refractivity contribution >= 4 is 28.0 Å². The van der Waals surface area contributed by atoms with E-state index in [4.69, 9.17) is 4.98 Å². The van der Waals surface area contributed by atoms with E-state index in [2.05, 4.69) is 120 Å². The molecule has 1 aliphatic heterocycles. The Labute approximate surface area is 310 Å². The SMILES string of the molecule is Cc1cc(N(c2ccccn2)C2CCCC3C=CCCC32)c2c3c4c(ccc13)C(N(C1CCC=CN1)C1CC=CC3=C1C=CCC3)=CC(C)C4CC2. The molecule has 6 aliphatic carbocycles. The fraction of sp³-hybridized carbons (Fsp3) is 0.438. The number of benzene rings is 2. The molecule has 1 saturated carbocycles. The van der Waals surface area contributed by atoms with Crippen molar-refractivity contribution in [1.82, 2.24) is 15.2 Å². The second-order valence-corrected chi connectivity index (χ2v) is 16.7. The van der Waals surface area contributed by atoms with Gasteiger partial charge in [0.05, 0.1) is 12.2 Å². The number of aryl methyl sites for hydroxylation is 2. The summed E-state index contributed by atoms with van der Waals surface area (Å²) in [5.41, 5.74) is 12.0. The zero-order valence-corrected chi connectivity index (χ0v) is 31.1. The highest BCUT2D eigenvalue weighted by atomic mass is 15.3. The maximum Gasteiger partial charge on any atom is 0.133 e. The lowest BCUT2D eigenvalue weighted by Gasteiger charge is -2.48. The average Bonchev–Trinajstić information content (AvgIpc) is 3.20. The first-order valence-corrected chi connectivity index (χ1v) is 20.6. The van der Waals surface area contributed by atoms with Crippen LogP contribution in [0.5, 0.6) is 0 Å². The lowest BCUT2D eigenvalue weighted by molar-refractivity contribution is 0.205. The fourth-order valence-corrected chi connectivity index (χ4v) is 11.6. The third-order valence-corrected chi connectivity index (χ3v) is 13.9. The van der Waals surface area contributed by atoms with Gasteiger partial charge in [-0.2, -0.15) is 0 Å². The van der Waals surface area contributed by atoms with Crippen molar-refractivity contribution in [2.75, 3.05) is 4.90 Å². The molecule has 10 rings (SSSR count). The Bertz CT molecular complexity index is 2060. The van der Waals surface area contributed by atoms with Gasteiger partial charge in [-0.15, -0.1) is 0 Å². The van der Waals surface area contributed by atoms with E-state index in [9.17, 15) is 0 Å². The van der Waals surface area contributed by atoms with Gasteiger partial charge < -0.3 is 15.1 Å². The largest absolute Gasteiger partial charge is 0.371 e. The summed E-state index contributed by atoms with van der Waals surface area (Å²) in [4.78, 5) is 10.7. The van der Waals surface area contributed by atoms with Gasteiger partial charge in [0.25, 0.3) is 0 Å². The van der Waals surface area contributed by atoms with E-state index in [0.29, 0.717) is 35.8 Å². The van der Waals surface area contributed by atoms with Gasteiger partial charge >= 0.3 is 0 Å². The third kappa shape index (κ3) is 5.26. The fourth-order valence-electron chi connectivity index (χ4n) is 11.6. The second kappa shape index (κ2) is 13.3. The maximum atomic E-state index is 5.10. The number of aromatic nitrogens is 1. The van der Waals surface area contributed by atoms with E-state index < -0.39 is 0 Å². The number of allylic oxidation sites excluding steroid dienone is 7. The van der Waals surface area contributed by atoms with Crippen molar-refractivity contribution in [3.63, 3.8) is 0 Å². The first-order valence-electron chi connectivity index (χ1n) is 20.6. The summed E-state index contributed by atoms with van der Waals surface area (Å²) in [7, 11) is 0. The van der Waals surface area contributed by atoms with Crippen LogP contribution in [-0.4, -0.2) is 28.1 Å². The van der Waals surface area contributed by atoms with E-state index in [-0.39, 0.29) is 6.17 Å². The quantitative estimate of drug-likeness (QED) is 0.262. The monoisotopic (exact) mass is 686 g/mol. The number of hydrogen-bond acceptors (Lipinski definition) is 4. The van der Waals surface area contributed by atoms with Crippen LogP contribution in [-0.2, 0) is 6.42 Å². The molecule has 1 fully saturated rings. The first-order chi connectivity index (χ1) is 25.7. The van der Waals surface area contributed by atoms with E-state index in [1.807, 2.05) is 6.20 Å². The van der Waals surface area contributed by atoms with E-state index in [1.54, 1.807) is 16.5 Å². The number of nitrogens with one attached hydrogen (secondary N) is 1. The summed E-state index contributed by atoms with van der Waals surface area (Å²) in [6.45, 7) is 4.87. The van der Waals surface area contributed by atoms with E-state index in [1.165, 1.54) is 77.6 Å². The minimum absolute atomic E-state index is 0.267. The Morgan fingerprint density at radius 2 is 1.83 bits per heavy atom. The molecule has 3 aromatic rings. The molecular formula is C48H54N4. The number of pyridine rings is 1. The number of rotatable bonds is 6.